The maximum atomic E-state index is 11.8. The molecule has 0 radical (unpaired) electrons. The largest absolute Gasteiger partial charge is 0.444 e. The zero-order chi connectivity index (χ0) is 13.8. The van der Waals surface area contributed by atoms with E-state index in [0.29, 0.717) is 30.1 Å². The number of amides is 2. The summed E-state index contributed by atoms with van der Waals surface area (Å²) in [6.45, 7) is 1.03. The monoisotopic (exact) mass is 282 g/mol. The first kappa shape index (κ1) is 13.7. The van der Waals surface area contributed by atoms with Crippen LogP contribution in [0.1, 0.15) is 16.8 Å². The van der Waals surface area contributed by atoms with Gasteiger partial charge in [0.25, 0.3) is 5.91 Å². The van der Waals surface area contributed by atoms with Gasteiger partial charge < -0.3 is 15.0 Å². The van der Waals surface area contributed by atoms with Crippen molar-refractivity contribution in [2.75, 3.05) is 20.1 Å². The van der Waals surface area contributed by atoms with E-state index in [1.807, 2.05) is 0 Å². The summed E-state index contributed by atoms with van der Waals surface area (Å²) in [5.74, 6) is -0.158. The van der Waals surface area contributed by atoms with Crippen molar-refractivity contribution in [2.24, 2.45) is 0 Å². The molecule has 5 nitrogen and oxygen atoms in total. The predicted molar refractivity (Wildman–Crippen MR) is 71.3 cm³/mol. The lowest BCUT2D eigenvalue weighted by atomic mass is 10.2. The fourth-order valence-electron chi connectivity index (χ4n) is 1.85. The topological polar surface area (TPSA) is 58.6 Å². The highest BCUT2D eigenvalue weighted by Gasteiger charge is 2.27. The molecule has 1 fully saturated rings. The van der Waals surface area contributed by atoms with Crippen molar-refractivity contribution in [3.63, 3.8) is 0 Å². The molecular weight excluding hydrogens is 268 g/mol. The van der Waals surface area contributed by atoms with Crippen LogP contribution in [-0.2, 0) is 4.74 Å². The van der Waals surface area contributed by atoms with Gasteiger partial charge in [-0.05, 0) is 24.3 Å². The van der Waals surface area contributed by atoms with E-state index >= 15 is 0 Å². The molecule has 102 valence electrons. The predicted octanol–water partition coefficient (Wildman–Crippen LogP) is 1.91. The highest BCUT2D eigenvalue weighted by Crippen LogP contribution is 2.12. The van der Waals surface area contributed by atoms with Gasteiger partial charge in [0.15, 0.2) is 0 Å². The van der Waals surface area contributed by atoms with Crippen LogP contribution in [0.5, 0.6) is 0 Å². The third-order valence-corrected chi connectivity index (χ3v) is 3.17. The second-order valence-corrected chi connectivity index (χ2v) is 4.87. The molecule has 1 aliphatic heterocycles. The zero-order valence-electron chi connectivity index (χ0n) is 10.6. The highest BCUT2D eigenvalue weighted by atomic mass is 35.5. The minimum atomic E-state index is -0.311. The van der Waals surface area contributed by atoms with Gasteiger partial charge in [-0.3, -0.25) is 4.79 Å². The Bertz CT molecular complexity index is 475. The van der Waals surface area contributed by atoms with Gasteiger partial charge in [-0.2, -0.15) is 0 Å². The smallest absolute Gasteiger partial charge is 0.409 e. The number of carbonyl (C=O) groups is 2. The number of carbonyl (C=O) groups excluding carboxylic acids is 2. The molecule has 1 N–H and O–H groups in total. The molecule has 1 aromatic carbocycles. The first-order valence-electron chi connectivity index (χ1n) is 6.02. The van der Waals surface area contributed by atoms with Crippen LogP contribution >= 0.6 is 11.6 Å². The average Bonchev–Trinajstić information content (AvgIpc) is 2.69. The lowest BCUT2D eigenvalue weighted by Gasteiger charge is -2.09. The van der Waals surface area contributed by atoms with Gasteiger partial charge in [-0.15, -0.1) is 0 Å². The first-order chi connectivity index (χ1) is 9.06. The second-order valence-electron chi connectivity index (χ2n) is 4.44. The van der Waals surface area contributed by atoms with Gasteiger partial charge in [-0.1, -0.05) is 11.6 Å². The quantitative estimate of drug-likeness (QED) is 0.918. The standard InChI is InChI=1S/C13H15ClN2O3/c1-16-8-11(19-13(16)18)6-7-15-12(17)9-2-4-10(14)5-3-9/h2-5,11H,6-8H2,1H3,(H,15,17). The number of nitrogens with one attached hydrogen (secondary N) is 1. The third-order valence-electron chi connectivity index (χ3n) is 2.91. The van der Waals surface area contributed by atoms with Gasteiger partial charge in [0.1, 0.15) is 6.10 Å². The first-order valence-corrected chi connectivity index (χ1v) is 6.39. The molecule has 6 heteroatoms. The van der Waals surface area contributed by atoms with Crippen LogP contribution < -0.4 is 5.32 Å². The Morgan fingerprint density at radius 1 is 1.47 bits per heavy atom. The molecular formula is C13H15ClN2O3. The van der Waals surface area contributed by atoms with Crippen LogP contribution in [0.3, 0.4) is 0 Å². The molecule has 1 unspecified atom stereocenters. The molecule has 2 amide bonds. The fraction of sp³-hybridized carbons (Fsp3) is 0.385. The van der Waals surface area contributed by atoms with E-state index in [9.17, 15) is 9.59 Å². The number of rotatable bonds is 4. The second kappa shape index (κ2) is 5.93. The summed E-state index contributed by atoms with van der Waals surface area (Å²) < 4.78 is 5.10. The minimum Gasteiger partial charge on any atom is -0.444 e. The van der Waals surface area contributed by atoms with Gasteiger partial charge in [0.2, 0.25) is 0 Å². The number of hydrogen-bond donors (Lipinski definition) is 1. The van der Waals surface area contributed by atoms with Crippen molar-refractivity contribution in [1.82, 2.24) is 10.2 Å². The molecule has 19 heavy (non-hydrogen) atoms. The molecule has 0 bridgehead atoms. The van der Waals surface area contributed by atoms with Crippen LogP contribution in [0.2, 0.25) is 5.02 Å². The molecule has 2 rings (SSSR count). The van der Waals surface area contributed by atoms with E-state index in [0.717, 1.165) is 0 Å². The molecule has 1 saturated heterocycles. The van der Waals surface area contributed by atoms with Gasteiger partial charge >= 0.3 is 6.09 Å². The summed E-state index contributed by atoms with van der Waals surface area (Å²) >= 11 is 5.75. The summed E-state index contributed by atoms with van der Waals surface area (Å²) in [4.78, 5) is 24.4. The van der Waals surface area contributed by atoms with Crippen molar-refractivity contribution >= 4 is 23.6 Å². The summed E-state index contributed by atoms with van der Waals surface area (Å²) in [7, 11) is 1.69. The number of halogens is 1. The summed E-state index contributed by atoms with van der Waals surface area (Å²) in [6.07, 6.45) is 0.145. The Morgan fingerprint density at radius 3 is 2.74 bits per heavy atom. The Balaban J connectivity index is 1.75. The van der Waals surface area contributed by atoms with E-state index in [1.54, 1.807) is 31.3 Å². The lowest BCUT2D eigenvalue weighted by Crippen LogP contribution is -2.28. The van der Waals surface area contributed by atoms with Crippen LogP contribution in [-0.4, -0.2) is 43.1 Å². The van der Waals surface area contributed by atoms with Gasteiger partial charge in [0, 0.05) is 30.6 Å². The minimum absolute atomic E-state index is 0.150. The van der Waals surface area contributed by atoms with Crippen molar-refractivity contribution in [1.29, 1.82) is 0 Å². The number of ether oxygens (including phenoxy) is 1. The van der Waals surface area contributed by atoms with Crippen LogP contribution in [0.4, 0.5) is 4.79 Å². The summed E-state index contributed by atoms with van der Waals surface area (Å²) in [6, 6.07) is 6.68. The molecule has 0 aromatic heterocycles. The van der Waals surface area contributed by atoms with E-state index in [1.165, 1.54) is 4.90 Å². The molecule has 1 aromatic rings. The lowest BCUT2D eigenvalue weighted by molar-refractivity contribution is 0.0944. The van der Waals surface area contributed by atoms with E-state index in [4.69, 9.17) is 16.3 Å². The van der Waals surface area contributed by atoms with E-state index < -0.39 is 0 Å². The summed E-state index contributed by atoms with van der Waals surface area (Å²) in [5.41, 5.74) is 0.560. The van der Waals surface area contributed by atoms with Crippen molar-refractivity contribution in [3.8, 4) is 0 Å². The van der Waals surface area contributed by atoms with Crippen LogP contribution in [0.15, 0.2) is 24.3 Å². The Hall–Kier alpha value is -1.75. The van der Waals surface area contributed by atoms with Crippen LogP contribution in [0, 0.1) is 0 Å². The van der Waals surface area contributed by atoms with Crippen molar-refractivity contribution in [3.05, 3.63) is 34.9 Å². The molecule has 1 aliphatic rings. The maximum absolute atomic E-state index is 11.8. The number of benzene rings is 1. The van der Waals surface area contributed by atoms with Gasteiger partial charge in [-0.25, -0.2) is 4.79 Å². The number of nitrogens with zero attached hydrogens (tertiary/aromatic N) is 1. The molecule has 0 spiro atoms. The molecule has 1 atom stereocenters. The van der Waals surface area contributed by atoms with Crippen LogP contribution in [0.25, 0.3) is 0 Å². The van der Waals surface area contributed by atoms with Crippen molar-refractivity contribution in [2.45, 2.75) is 12.5 Å². The zero-order valence-corrected chi connectivity index (χ0v) is 11.3. The Labute approximate surface area is 116 Å². The molecule has 0 saturated carbocycles. The van der Waals surface area contributed by atoms with E-state index in [-0.39, 0.29) is 18.1 Å². The van der Waals surface area contributed by atoms with Gasteiger partial charge in [0.05, 0.1) is 6.54 Å². The molecule has 1 heterocycles. The number of hydrogen-bond acceptors (Lipinski definition) is 3. The fourth-order valence-corrected chi connectivity index (χ4v) is 1.98. The maximum Gasteiger partial charge on any atom is 0.409 e. The van der Waals surface area contributed by atoms with Crippen molar-refractivity contribution < 1.29 is 14.3 Å². The van der Waals surface area contributed by atoms with E-state index in [2.05, 4.69) is 5.32 Å². The third kappa shape index (κ3) is 3.61. The number of likely N-dealkylation sites (N-methyl/N-ethyl adjacent to an activating group) is 1. The number of cyclic esters (lactones) is 1. The average molecular weight is 283 g/mol. The Morgan fingerprint density at radius 2 is 2.16 bits per heavy atom. The summed E-state index contributed by atoms with van der Waals surface area (Å²) in [5, 5.41) is 3.38. The Kier molecular flexibility index (Phi) is 4.27. The molecule has 0 aliphatic carbocycles. The normalized spacial score (nSPS) is 18.3. The highest BCUT2D eigenvalue weighted by molar-refractivity contribution is 6.30. The SMILES string of the molecule is CN1CC(CCNC(=O)c2ccc(Cl)cc2)OC1=O.